The molecule has 1 unspecified atom stereocenters. The molecule has 6 heteroatoms. The molecule has 0 aromatic heterocycles. The van der Waals surface area contributed by atoms with E-state index >= 15 is 0 Å². The van der Waals surface area contributed by atoms with Crippen molar-refractivity contribution in [2.45, 2.75) is 45.1 Å². The van der Waals surface area contributed by atoms with E-state index in [0.29, 0.717) is 11.8 Å². The summed E-state index contributed by atoms with van der Waals surface area (Å²) in [6.45, 7) is 1.46. The van der Waals surface area contributed by atoms with Gasteiger partial charge in [0, 0.05) is 6.07 Å². The number of nitrogens with one attached hydrogen (secondary N) is 1. The van der Waals surface area contributed by atoms with Gasteiger partial charge < -0.3 is 10.1 Å². The fourth-order valence-corrected chi connectivity index (χ4v) is 5.44. The van der Waals surface area contributed by atoms with E-state index in [-0.39, 0.29) is 17.6 Å². The summed E-state index contributed by atoms with van der Waals surface area (Å²) in [5, 5.41) is 2.29. The largest absolute Gasteiger partial charge is 0.452 e. The summed E-state index contributed by atoms with van der Waals surface area (Å²) < 4.78 is 32.3. The van der Waals surface area contributed by atoms with Crippen LogP contribution in [0.15, 0.2) is 18.2 Å². The van der Waals surface area contributed by atoms with Crippen LogP contribution in [0.4, 0.5) is 14.5 Å². The summed E-state index contributed by atoms with van der Waals surface area (Å²) in [5.41, 5.74) is -0.257. The Morgan fingerprint density at radius 2 is 1.69 bits per heavy atom. The Balaban J connectivity index is 1.38. The smallest absolute Gasteiger partial charge is 0.310 e. The molecule has 0 heterocycles. The first-order chi connectivity index (χ1) is 12.4. The van der Waals surface area contributed by atoms with Crippen molar-refractivity contribution in [1.29, 1.82) is 0 Å². The number of amides is 1. The highest BCUT2D eigenvalue weighted by Gasteiger charge is 2.51. The molecule has 140 valence electrons. The molecular formula is C20H23F2NO3. The van der Waals surface area contributed by atoms with Crippen molar-refractivity contribution in [1.82, 2.24) is 0 Å². The number of hydrogen-bond donors (Lipinski definition) is 1. The Kier molecular flexibility index (Phi) is 4.45. The number of carbonyl (C=O) groups is 2. The number of halogens is 2. The molecule has 4 bridgehead atoms. The van der Waals surface area contributed by atoms with Crippen LogP contribution in [0.2, 0.25) is 0 Å². The van der Waals surface area contributed by atoms with Crippen molar-refractivity contribution < 1.29 is 23.1 Å². The fraction of sp³-hybridized carbons (Fsp3) is 0.600. The Bertz CT molecular complexity index is 708. The number of rotatable bonds is 4. The fourth-order valence-electron chi connectivity index (χ4n) is 5.44. The number of carbonyl (C=O) groups excluding carboxylic acids is 2. The number of ether oxygens (including phenoxy) is 1. The van der Waals surface area contributed by atoms with Crippen molar-refractivity contribution in [2.75, 3.05) is 5.32 Å². The quantitative estimate of drug-likeness (QED) is 0.826. The summed E-state index contributed by atoms with van der Waals surface area (Å²) >= 11 is 0. The van der Waals surface area contributed by atoms with E-state index in [2.05, 4.69) is 5.32 Å². The highest BCUT2D eigenvalue weighted by Crippen LogP contribution is 2.56. The molecule has 0 radical (unpaired) electrons. The highest BCUT2D eigenvalue weighted by atomic mass is 19.1. The van der Waals surface area contributed by atoms with Crippen LogP contribution in [0.25, 0.3) is 0 Å². The van der Waals surface area contributed by atoms with Crippen LogP contribution >= 0.6 is 0 Å². The number of hydrogen-bond acceptors (Lipinski definition) is 3. The van der Waals surface area contributed by atoms with Gasteiger partial charge in [-0.3, -0.25) is 9.59 Å². The first-order valence-electron chi connectivity index (χ1n) is 9.37. The minimum atomic E-state index is -1.05. The first kappa shape index (κ1) is 17.4. The van der Waals surface area contributed by atoms with Gasteiger partial charge in [0.05, 0.1) is 11.6 Å². The van der Waals surface area contributed by atoms with Gasteiger partial charge >= 0.3 is 5.97 Å². The average molecular weight is 363 g/mol. The van der Waals surface area contributed by atoms with Crippen molar-refractivity contribution in [3.8, 4) is 0 Å². The summed E-state index contributed by atoms with van der Waals surface area (Å²) in [4.78, 5) is 24.9. The molecule has 4 aliphatic rings. The molecule has 4 saturated carbocycles. The van der Waals surface area contributed by atoms with Gasteiger partial charge in [0.15, 0.2) is 6.10 Å². The maximum absolute atomic E-state index is 13.7. The molecule has 4 aliphatic carbocycles. The Labute approximate surface area is 151 Å². The second kappa shape index (κ2) is 6.63. The van der Waals surface area contributed by atoms with Gasteiger partial charge in [0.25, 0.3) is 5.91 Å². The van der Waals surface area contributed by atoms with Crippen molar-refractivity contribution in [3.63, 3.8) is 0 Å². The van der Waals surface area contributed by atoms with Crippen LogP contribution in [0.3, 0.4) is 0 Å². The lowest BCUT2D eigenvalue weighted by Crippen LogP contribution is -2.49. The molecule has 4 nitrogen and oxygen atoms in total. The zero-order chi connectivity index (χ0) is 18.4. The van der Waals surface area contributed by atoms with E-state index in [1.54, 1.807) is 0 Å². The summed E-state index contributed by atoms with van der Waals surface area (Å²) in [5.74, 6) is -0.253. The predicted octanol–water partition coefficient (Wildman–Crippen LogP) is 3.91. The van der Waals surface area contributed by atoms with E-state index in [1.165, 1.54) is 13.3 Å². The number of anilines is 1. The molecular weight excluding hydrogens is 340 g/mol. The molecule has 1 amide bonds. The Morgan fingerprint density at radius 1 is 1.08 bits per heavy atom. The molecule has 0 spiro atoms. The van der Waals surface area contributed by atoms with Crippen LogP contribution < -0.4 is 5.32 Å². The second-order valence-corrected chi connectivity index (χ2v) is 8.15. The molecule has 0 aliphatic heterocycles. The van der Waals surface area contributed by atoms with Gasteiger partial charge in [-0.2, -0.15) is 0 Å². The molecule has 1 aromatic rings. The van der Waals surface area contributed by atoms with E-state index in [4.69, 9.17) is 4.74 Å². The van der Waals surface area contributed by atoms with Crippen LogP contribution in [0.1, 0.15) is 39.0 Å². The summed E-state index contributed by atoms with van der Waals surface area (Å²) in [6.07, 6.45) is 4.59. The summed E-state index contributed by atoms with van der Waals surface area (Å²) in [6, 6.07) is 2.82. The first-order valence-corrected chi connectivity index (χ1v) is 9.37. The minimum Gasteiger partial charge on any atom is -0.452 e. The molecule has 1 atom stereocenters. The lowest BCUT2D eigenvalue weighted by molar-refractivity contribution is -0.169. The van der Waals surface area contributed by atoms with Crippen LogP contribution in [-0.2, 0) is 14.3 Å². The molecule has 4 fully saturated rings. The highest BCUT2D eigenvalue weighted by molar-refractivity contribution is 5.95. The topological polar surface area (TPSA) is 55.4 Å². The lowest BCUT2D eigenvalue weighted by atomic mass is 9.52. The van der Waals surface area contributed by atoms with Gasteiger partial charge in [-0.1, -0.05) is 0 Å². The molecule has 1 aromatic carbocycles. The molecule has 26 heavy (non-hydrogen) atoms. The zero-order valence-electron chi connectivity index (χ0n) is 14.7. The molecule has 1 N–H and O–H groups in total. The van der Waals surface area contributed by atoms with Crippen LogP contribution in [0.5, 0.6) is 0 Å². The SMILES string of the molecule is CC(OC(=O)C1C2CC3CC(C2)CC1C3)C(=O)Nc1cc(F)ccc1F. The van der Waals surface area contributed by atoms with Crippen LogP contribution in [0, 0.1) is 41.2 Å². The molecule has 0 saturated heterocycles. The standard InChI is InChI=1S/C20H23F2NO3/c1-10(19(24)23-17-9-15(21)2-3-16(17)22)26-20(25)18-13-5-11-4-12(7-13)8-14(18)6-11/h2-3,9-14,18H,4-8H2,1H3,(H,23,24). The normalized spacial score (nSPS) is 33.0. The van der Waals surface area contributed by atoms with Crippen molar-refractivity contribution >= 4 is 17.6 Å². The Hall–Kier alpha value is -1.98. The third kappa shape index (κ3) is 3.21. The van der Waals surface area contributed by atoms with Crippen LogP contribution in [-0.4, -0.2) is 18.0 Å². The zero-order valence-corrected chi connectivity index (χ0v) is 14.7. The number of esters is 1. The average Bonchev–Trinajstić information content (AvgIpc) is 2.57. The minimum absolute atomic E-state index is 0.121. The third-order valence-corrected chi connectivity index (χ3v) is 6.35. The lowest BCUT2D eigenvalue weighted by Gasteiger charge is -2.53. The molecule has 5 rings (SSSR count). The van der Waals surface area contributed by atoms with E-state index < -0.39 is 23.6 Å². The van der Waals surface area contributed by atoms with Gasteiger partial charge in [-0.05, 0) is 74.8 Å². The van der Waals surface area contributed by atoms with Gasteiger partial charge in [-0.25, -0.2) is 8.78 Å². The van der Waals surface area contributed by atoms with Gasteiger partial charge in [0.1, 0.15) is 11.6 Å². The van der Waals surface area contributed by atoms with E-state index in [1.807, 2.05) is 0 Å². The maximum Gasteiger partial charge on any atom is 0.310 e. The third-order valence-electron chi connectivity index (χ3n) is 6.35. The monoisotopic (exact) mass is 363 g/mol. The number of benzene rings is 1. The van der Waals surface area contributed by atoms with Crippen molar-refractivity contribution in [2.24, 2.45) is 29.6 Å². The maximum atomic E-state index is 13.7. The Morgan fingerprint density at radius 3 is 2.31 bits per heavy atom. The van der Waals surface area contributed by atoms with E-state index in [0.717, 1.165) is 55.7 Å². The predicted molar refractivity (Wildman–Crippen MR) is 91.1 cm³/mol. The van der Waals surface area contributed by atoms with E-state index in [9.17, 15) is 18.4 Å². The van der Waals surface area contributed by atoms with Crippen molar-refractivity contribution in [3.05, 3.63) is 29.8 Å². The van der Waals surface area contributed by atoms with Gasteiger partial charge in [-0.15, -0.1) is 0 Å². The second-order valence-electron chi connectivity index (χ2n) is 8.15. The van der Waals surface area contributed by atoms with Gasteiger partial charge in [0.2, 0.25) is 0 Å². The summed E-state index contributed by atoms with van der Waals surface area (Å²) in [7, 11) is 0.